The molecule has 7 aromatic carbocycles. The molecule has 4 aliphatic carbocycles. The highest BCUT2D eigenvalue weighted by molar-refractivity contribution is 5.91. The average molecular weight is 740 g/mol. The fourth-order valence-electron chi connectivity index (χ4n) is 11.7. The lowest BCUT2D eigenvalue weighted by molar-refractivity contribution is 0.420. The Bertz CT molecular complexity index is 2600. The van der Waals surface area contributed by atoms with Gasteiger partial charge in [-0.15, -0.1) is 0 Å². The van der Waals surface area contributed by atoms with Crippen LogP contribution in [0.25, 0.3) is 44.2 Å². The predicted molar refractivity (Wildman–Crippen MR) is 241 cm³/mol. The van der Waals surface area contributed by atoms with Crippen LogP contribution >= 0.6 is 0 Å². The first-order valence-electron chi connectivity index (χ1n) is 21.9. The molecular formula is C56H53N. The van der Waals surface area contributed by atoms with Crippen molar-refractivity contribution in [1.82, 2.24) is 0 Å². The molecule has 3 unspecified atom stereocenters. The number of rotatable bonds is 7. The van der Waals surface area contributed by atoms with E-state index >= 15 is 0 Å². The Labute approximate surface area is 339 Å². The number of benzene rings is 7. The maximum atomic E-state index is 2.50. The molecule has 0 aromatic heterocycles. The molecule has 3 atom stereocenters. The zero-order valence-corrected chi connectivity index (χ0v) is 33.6. The molecular weight excluding hydrogens is 687 g/mol. The molecule has 1 heteroatoms. The summed E-state index contributed by atoms with van der Waals surface area (Å²) in [7, 11) is 0. The van der Waals surface area contributed by atoms with E-state index in [9.17, 15) is 0 Å². The molecule has 57 heavy (non-hydrogen) atoms. The van der Waals surface area contributed by atoms with Gasteiger partial charge >= 0.3 is 0 Å². The van der Waals surface area contributed by atoms with Crippen LogP contribution in [0.1, 0.15) is 106 Å². The van der Waals surface area contributed by atoms with Crippen LogP contribution in [0.15, 0.2) is 152 Å². The van der Waals surface area contributed by atoms with E-state index in [-0.39, 0.29) is 5.41 Å². The Balaban J connectivity index is 0.979. The van der Waals surface area contributed by atoms with Crippen LogP contribution in [0, 0.1) is 11.8 Å². The van der Waals surface area contributed by atoms with E-state index in [2.05, 4.69) is 170 Å². The van der Waals surface area contributed by atoms with Gasteiger partial charge in [-0.2, -0.15) is 0 Å². The van der Waals surface area contributed by atoms with Crippen molar-refractivity contribution in [3.05, 3.63) is 174 Å². The Morgan fingerprint density at radius 1 is 0.474 bits per heavy atom. The molecule has 2 bridgehead atoms. The monoisotopic (exact) mass is 739 g/mol. The third-order valence-electron chi connectivity index (χ3n) is 14.8. The lowest BCUT2D eigenvalue weighted by Crippen LogP contribution is -2.16. The molecule has 7 aromatic rings. The fourth-order valence-corrected chi connectivity index (χ4v) is 11.7. The Hall–Kier alpha value is -5.40. The van der Waals surface area contributed by atoms with Crippen LogP contribution in [0.4, 0.5) is 17.1 Å². The number of fused-ring (bicyclic) bond motifs is 6. The van der Waals surface area contributed by atoms with E-state index < -0.39 is 0 Å². The van der Waals surface area contributed by atoms with Crippen LogP contribution in [0.3, 0.4) is 0 Å². The van der Waals surface area contributed by atoms with Crippen molar-refractivity contribution in [1.29, 1.82) is 0 Å². The normalized spacial score (nSPS) is 20.8. The van der Waals surface area contributed by atoms with E-state index in [1.54, 1.807) is 0 Å². The molecule has 0 heterocycles. The van der Waals surface area contributed by atoms with Gasteiger partial charge in [-0.1, -0.05) is 143 Å². The molecule has 3 fully saturated rings. The summed E-state index contributed by atoms with van der Waals surface area (Å²) >= 11 is 0. The summed E-state index contributed by atoms with van der Waals surface area (Å²) in [6.07, 6.45) is 12.4. The molecule has 0 aliphatic heterocycles. The van der Waals surface area contributed by atoms with Gasteiger partial charge in [0.05, 0.1) is 0 Å². The predicted octanol–water partition coefficient (Wildman–Crippen LogP) is 15.9. The minimum Gasteiger partial charge on any atom is -0.310 e. The van der Waals surface area contributed by atoms with Gasteiger partial charge in [0, 0.05) is 22.5 Å². The van der Waals surface area contributed by atoms with Gasteiger partial charge in [0.1, 0.15) is 0 Å². The number of anilines is 3. The first kappa shape index (κ1) is 34.8. The highest BCUT2D eigenvalue weighted by Crippen LogP contribution is 2.54. The molecule has 0 N–H and O–H groups in total. The second-order valence-electron chi connectivity index (χ2n) is 18.4. The van der Waals surface area contributed by atoms with Crippen LogP contribution in [-0.2, 0) is 5.41 Å². The Morgan fingerprint density at radius 3 is 1.93 bits per heavy atom. The molecule has 0 saturated heterocycles. The highest BCUT2D eigenvalue weighted by Gasteiger charge is 2.40. The van der Waals surface area contributed by atoms with Gasteiger partial charge in [-0.05, 0) is 171 Å². The molecule has 0 radical (unpaired) electrons. The molecule has 3 saturated carbocycles. The van der Waals surface area contributed by atoms with Crippen LogP contribution in [-0.4, -0.2) is 0 Å². The maximum absolute atomic E-state index is 2.50. The van der Waals surface area contributed by atoms with E-state index in [0.29, 0.717) is 5.92 Å². The van der Waals surface area contributed by atoms with Crippen molar-refractivity contribution < 1.29 is 0 Å². The van der Waals surface area contributed by atoms with Gasteiger partial charge in [0.15, 0.2) is 0 Å². The lowest BCUT2D eigenvalue weighted by Gasteiger charge is -2.29. The summed E-state index contributed by atoms with van der Waals surface area (Å²) in [5.74, 6) is 3.22. The van der Waals surface area contributed by atoms with Crippen molar-refractivity contribution >= 4 is 27.8 Å². The van der Waals surface area contributed by atoms with Gasteiger partial charge in [-0.25, -0.2) is 0 Å². The van der Waals surface area contributed by atoms with E-state index in [1.807, 2.05) is 0 Å². The minimum absolute atomic E-state index is 0.118. The van der Waals surface area contributed by atoms with E-state index in [0.717, 1.165) is 17.8 Å². The highest BCUT2D eigenvalue weighted by atomic mass is 15.1. The van der Waals surface area contributed by atoms with Crippen LogP contribution in [0.2, 0.25) is 0 Å². The summed E-state index contributed by atoms with van der Waals surface area (Å²) in [5.41, 5.74) is 17.4. The first-order chi connectivity index (χ1) is 28.0. The quantitative estimate of drug-likeness (QED) is 0.157. The Morgan fingerprint density at radius 2 is 1.16 bits per heavy atom. The zero-order chi connectivity index (χ0) is 38.1. The summed E-state index contributed by atoms with van der Waals surface area (Å²) in [5, 5.41) is 2.57. The van der Waals surface area contributed by atoms with Gasteiger partial charge in [-0.3, -0.25) is 0 Å². The van der Waals surface area contributed by atoms with Crippen molar-refractivity contribution in [2.24, 2.45) is 11.8 Å². The van der Waals surface area contributed by atoms with Crippen molar-refractivity contribution in [2.45, 2.75) is 88.9 Å². The molecule has 0 amide bonds. The van der Waals surface area contributed by atoms with Crippen LogP contribution < -0.4 is 4.90 Å². The topological polar surface area (TPSA) is 3.24 Å². The molecule has 0 spiro atoms. The summed E-state index contributed by atoms with van der Waals surface area (Å²) < 4.78 is 0. The molecule has 4 aliphatic rings. The SMILES string of the molecule is CC1(C)c2ccc(-c3ccc4ccccc4c3)cc2-c2ccc(N(c3ccc(-c4ccccc4C4CCCCC4)cc3)c3ccc(C4CC5CCC4C5)cc3)cc21. The first-order valence-corrected chi connectivity index (χ1v) is 21.9. The minimum atomic E-state index is -0.118. The second-order valence-corrected chi connectivity index (χ2v) is 18.4. The van der Waals surface area contributed by atoms with Gasteiger partial charge < -0.3 is 4.90 Å². The summed E-state index contributed by atoms with van der Waals surface area (Å²) in [6.45, 7) is 4.81. The summed E-state index contributed by atoms with van der Waals surface area (Å²) in [6, 6.07) is 58.3. The Kier molecular flexibility index (Phi) is 8.50. The zero-order valence-electron chi connectivity index (χ0n) is 33.6. The summed E-state index contributed by atoms with van der Waals surface area (Å²) in [4.78, 5) is 2.50. The van der Waals surface area contributed by atoms with E-state index in [4.69, 9.17) is 0 Å². The average Bonchev–Trinajstić information content (AvgIpc) is 3.97. The third kappa shape index (κ3) is 6.05. The number of hydrogen-bond acceptors (Lipinski definition) is 1. The van der Waals surface area contributed by atoms with Crippen molar-refractivity contribution in [3.63, 3.8) is 0 Å². The molecule has 1 nitrogen and oxygen atoms in total. The van der Waals surface area contributed by atoms with Crippen LogP contribution in [0.5, 0.6) is 0 Å². The molecule has 282 valence electrons. The number of hydrogen-bond donors (Lipinski definition) is 0. The van der Waals surface area contributed by atoms with Crippen molar-refractivity contribution in [3.8, 4) is 33.4 Å². The second kappa shape index (κ2) is 13.9. The van der Waals surface area contributed by atoms with Gasteiger partial charge in [0.25, 0.3) is 0 Å². The third-order valence-corrected chi connectivity index (χ3v) is 14.8. The van der Waals surface area contributed by atoms with Crippen molar-refractivity contribution in [2.75, 3.05) is 4.90 Å². The number of nitrogens with zero attached hydrogens (tertiary/aromatic N) is 1. The molecule has 11 rings (SSSR count). The fraction of sp³-hybridized carbons (Fsp3) is 0.286. The van der Waals surface area contributed by atoms with E-state index in [1.165, 1.54) is 141 Å². The maximum Gasteiger partial charge on any atom is 0.0465 e. The standard InChI is InChI=1S/C56H53N/c1-56(2)54-31-24-44(43-19-18-38-10-6-7-13-42(38)34-43)35-53(54)51-30-29-48(36-55(51)56)57(47-27-22-41(23-28-47)52-33-37-16-17-45(52)32-37)46-25-20-40(21-26-46)50-15-9-8-14-49(50)39-11-4-3-5-12-39/h6-10,13-15,18-31,34-37,39,45,52H,3-5,11-12,16-17,32-33H2,1-2H3. The smallest absolute Gasteiger partial charge is 0.0465 e. The lowest BCUT2D eigenvalue weighted by atomic mass is 9.81. The van der Waals surface area contributed by atoms with Gasteiger partial charge in [0.2, 0.25) is 0 Å². The largest absolute Gasteiger partial charge is 0.310 e.